The quantitative estimate of drug-likeness (QED) is 0.679. The van der Waals surface area contributed by atoms with E-state index in [1.54, 1.807) is 0 Å². The number of rotatable bonds is 3. The monoisotopic (exact) mass is 254 g/mol. The molecule has 18 heavy (non-hydrogen) atoms. The van der Waals surface area contributed by atoms with Crippen LogP contribution < -0.4 is 10.6 Å². The lowest BCUT2D eigenvalue weighted by molar-refractivity contribution is -0.127. The summed E-state index contributed by atoms with van der Waals surface area (Å²) in [5.74, 6) is 0.263. The van der Waals surface area contributed by atoms with Gasteiger partial charge in [0.05, 0.1) is 5.60 Å². The Kier molecular flexibility index (Phi) is 3.90. The van der Waals surface area contributed by atoms with Gasteiger partial charge in [0.25, 0.3) is 0 Å². The van der Waals surface area contributed by atoms with Crippen molar-refractivity contribution < 1.29 is 14.7 Å². The first-order valence-corrected chi connectivity index (χ1v) is 6.78. The molecule has 1 aliphatic heterocycles. The maximum atomic E-state index is 11.8. The standard InChI is InChI=1S/C13H22N2O3/c1-9-3-2-6-13(18,7-9)8-14-12(17)10-4-5-11(16)15-10/h9-10,18H,2-8H2,1H3,(H,14,17)(H,15,16). The summed E-state index contributed by atoms with van der Waals surface area (Å²) >= 11 is 0. The fraction of sp³-hybridized carbons (Fsp3) is 0.846. The van der Waals surface area contributed by atoms with E-state index in [9.17, 15) is 14.7 Å². The molecule has 2 aliphatic rings. The number of aliphatic hydroxyl groups is 1. The summed E-state index contributed by atoms with van der Waals surface area (Å²) in [6.45, 7) is 2.42. The first-order valence-electron chi connectivity index (χ1n) is 6.78. The molecule has 5 heteroatoms. The Morgan fingerprint density at radius 3 is 2.94 bits per heavy atom. The maximum Gasteiger partial charge on any atom is 0.242 e. The molecule has 5 nitrogen and oxygen atoms in total. The van der Waals surface area contributed by atoms with Gasteiger partial charge in [0.1, 0.15) is 6.04 Å². The molecule has 1 saturated heterocycles. The van der Waals surface area contributed by atoms with Crippen LogP contribution in [0.5, 0.6) is 0 Å². The van der Waals surface area contributed by atoms with Crippen molar-refractivity contribution in [1.82, 2.24) is 10.6 Å². The van der Waals surface area contributed by atoms with E-state index in [2.05, 4.69) is 17.6 Å². The van der Waals surface area contributed by atoms with E-state index in [-0.39, 0.29) is 11.8 Å². The second-order valence-electron chi connectivity index (χ2n) is 5.80. The van der Waals surface area contributed by atoms with Gasteiger partial charge < -0.3 is 15.7 Å². The maximum absolute atomic E-state index is 11.8. The molecule has 0 radical (unpaired) electrons. The van der Waals surface area contributed by atoms with Gasteiger partial charge in [0, 0.05) is 13.0 Å². The molecule has 3 atom stereocenters. The van der Waals surface area contributed by atoms with Crippen molar-refractivity contribution in [2.45, 2.75) is 57.1 Å². The fourth-order valence-corrected chi connectivity index (χ4v) is 2.98. The molecule has 0 aromatic rings. The van der Waals surface area contributed by atoms with Crippen LogP contribution in [0, 0.1) is 5.92 Å². The number of carbonyl (C=O) groups excluding carboxylic acids is 2. The molecule has 0 aromatic heterocycles. The van der Waals surface area contributed by atoms with Crippen molar-refractivity contribution in [3.8, 4) is 0 Å². The predicted molar refractivity (Wildman–Crippen MR) is 66.8 cm³/mol. The van der Waals surface area contributed by atoms with Gasteiger partial charge in [-0.3, -0.25) is 9.59 Å². The highest BCUT2D eigenvalue weighted by atomic mass is 16.3. The normalized spacial score (nSPS) is 36.2. The molecule has 2 amide bonds. The fourth-order valence-electron chi connectivity index (χ4n) is 2.98. The zero-order valence-corrected chi connectivity index (χ0v) is 10.9. The molecular weight excluding hydrogens is 232 g/mol. The molecule has 3 unspecified atom stereocenters. The van der Waals surface area contributed by atoms with Crippen molar-refractivity contribution >= 4 is 11.8 Å². The third-order valence-corrected chi connectivity index (χ3v) is 3.97. The average molecular weight is 254 g/mol. The van der Waals surface area contributed by atoms with E-state index in [1.807, 2.05) is 0 Å². The molecular formula is C13H22N2O3. The Bertz CT molecular complexity index is 345. The summed E-state index contributed by atoms with van der Waals surface area (Å²) in [5.41, 5.74) is -0.768. The second kappa shape index (κ2) is 5.26. The second-order valence-corrected chi connectivity index (χ2v) is 5.80. The van der Waals surface area contributed by atoms with Crippen LogP contribution in [0.4, 0.5) is 0 Å². The highest BCUT2D eigenvalue weighted by Gasteiger charge is 2.34. The summed E-state index contributed by atoms with van der Waals surface area (Å²) in [5, 5.41) is 15.8. The van der Waals surface area contributed by atoms with Gasteiger partial charge in [-0.25, -0.2) is 0 Å². The Morgan fingerprint density at radius 2 is 2.33 bits per heavy atom. The van der Waals surface area contributed by atoms with Gasteiger partial charge >= 0.3 is 0 Å². The Balaban J connectivity index is 1.80. The van der Waals surface area contributed by atoms with Crippen LogP contribution in [0.25, 0.3) is 0 Å². The minimum absolute atomic E-state index is 0.0693. The average Bonchev–Trinajstić information content (AvgIpc) is 2.73. The lowest BCUT2D eigenvalue weighted by Gasteiger charge is -2.35. The molecule has 2 rings (SSSR count). The molecule has 0 spiro atoms. The lowest BCUT2D eigenvalue weighted by Crippen LogP contribution is -2.50. The largest absolute Gasteiger partial charge is 0.388 e. The van der Waals surface area contributed by atoms with Crippen LogP contribution in [-0.2, 0) is 9.59 Å². The van der Waals surface area contributed by atoms with Crippen LogP contribution in [0.1, 0.15) is 45.4 Å². The van der Waals surface area contributed by atoms with Crippen molar-refractivity contribution in [2.24, 2.45) is 5.92 Å². The Hall–Kier alpha value is -1.10. The van der Waals surface area contributed by atoms with Crippen molar-refractivity contribution in [3.63, 3.8) is 0 Å². The van der Waals surface area contributed by atoms with Gasteiger partial charge in [0.2, 0.25) is 11.8 Å². The summed E-state index contributed by atoms with van der Waals surface area (Å²) in [6.07, 6.45) is 4.61. The Morgan fingerprint density at radius 1 is 1.56 bits per heavy atom. The van der Waals surface area contributed by atoms with Crippen LogP contribution in [0.2, 0.25) is 0 Å². The van der Waals surface area contributed by atoms with Crippen molar-refractivity contribution in [1.29, 1.82) is 0 Å². The van der Waals surface area contributed by atoms with E-state index in [4.69, 9.17) is 0 Å². The zero-order valence-electron chi connectivity index (χ0n) is 10.9. The number of hydrogen-bond acceptors (Lipinski definition) is 3. The number of carbonyl (C=O) groups is 2. The molecule has 2 fully saturated rings. The Labute approximate surface area is 107 Å². The molecule has 1 heterocycles. The first-order chi connectivity index (χ1) is 8.48. The molecule has 1 aliphatic carbocycles. The smallest absolute Gasteiger partial charge is 0.242 e. The highest BCUT2D eigenvalue weighted by Crippen LogP contribution is 2.31. The van der Waals surface area contributed by atoms with Crippen molar-refractivity contribution in [3.05, 3.63) is 0 Å². The molecule has 1 saturated carbocycles. The van der Waals surface area contributed by atoms with E-state index >= 15 is 0 Å². The third kappa shape index (κ3) is 3.22. The zero-order chi connectivity index (χ0) is 13.2. The SMILES string of the molecule is CC1CCCC(O)(CNC(=O)C2CCC(=O)N2)C1. The summed E-state index contributed by atoms with van der Waals surface area (Å²) in [7, 11) is 0. The predicted octanol–water partition coefficient (Wildman–Crippen LogP) is 0.322. The van der Waals surface area contributed by atoms with Crippen molar-refractivity contribution in [2.75, 3.05) is 6.54 Å². The number of hydrogen-bond donors (Lipinski definition) is 3. The van der Waals surface area contributed by atoms with Crippen LogP contribution in [-0.4, -0.2) is 35.1 Å². The van der Waals surface area contributed by atoms with E-state index in [0.717, 1.165) is 25.7 Å². The first kappa shape index (κ1) is 13.3. The minimum Gasteiger partial charge on any atom is -0.388 e. The summed E-state index contributed by atoms with van der Waals surface area (Å²) in [4.78, 5) is 22.8. The molecule has 102 valence electrons. The number of nitrogens with one attached hydrogen (secondary N) is 2. The van der Waals surface area contributed by atoms with Crippen LogP contribution in [0.15, 0.2) is 0 Å². The summed E-state index contributed by atoms with van der Waals surface area (Å²) < 4.78 is 0. The topological polar surface area (TPSA) is 78.4 Å². The van der Waals surface area contributed by atoms with Gasteiger partial charge in [-0.15, -0.1) is 0 Å². The summed E-state index contributed by atoms with van der Waals surface area (Å²) in [6, 6.07) is -0.415. The van der Waals surface area contributed by atoms with Gasteiger partial charge in [-0.1, -0.05) is 19.8 Å². The molecule has 0 aromatic carbocycles. The highest BCUT2D eigenvalue weighted by molar-refractivity contribution is 5.90. The van der Waals surface area contributed by atoms with Gasteiger partial charge in [-0.2, -0.15) is 0 Å². The number of amides is 2. The van der Waals surface area contributed by atoms with E-state index in [1.165, 1.54) is 0 Å². The van der Waals surface area contributed by atoms with E-state index in [0.29, 0.717) is 25.3 Å². The van der Waals surface area contributed by atoms with Crippen LogP contribution in [0.3, 0.4) is 0 Å². The van der Waals surface area contributed by atoms with Gasteiger partial charge in [0.15, 0.2) is 0 Å². The molecule has 0 bridgehead atoms. The molecule has 3 N–H and O–H groups in total. The third-order valence-electron chi connectivity index (χ3n) is 3.97. The van der Waals surface area contributed by atoms with Gasteiger partial charge in [-0.05, 0) is 25.2 Å². The van der Waals surface area contributed by atoms with Crippen LogP contribution >= 0.6 is 0 Å². The minimum atomic E-state index is -0.768. The van der Waals surface area contributed by atoms with E-state index < -0.39 is 11.6 Å². The lowest BCUT2D eigenvalue weighted by atomic mass is 9.79.